The van der Waals surface area contributed by atoms with E-state index in [9.17, 15) is 9.90 Å². The molecular weight excluding hydrogens is 349 g/mol. The maximum Gasteiger partial charge on any atom is 0.289 e. The van der Waals surface area contributed by atoms with Crippen molar-refractivity contribution in [1.29, 1.82) is 0 Å². The van der Waals surface area contributed by atoms with E-state index in [0.717, 1.165) is 5.56 Å². The molecule has 1 aromatic carbocycles. The summed E-state index contributed by atoms with van der Waals surface area (Å²) in [6.45, 7) is 0.801. The lowest BCUT2D eigenvalue weighted by atomic mass is 9.91. The third kappa shape index (κ3) is 3.93. The van der Waals surface area contributed by atoms with Crippen molar-refractivity contribution in [1.82, 2.24) is 4.90 Å². The Balaban J connectivity index is 1.65. The summed E-state index contributed by atoms with van der Waals surface area (Å²) in [7, 11) is 0. The van der Waals surface area contributed by atoms with Gasteiger partial charge in [0, 0.05) is 36.5 Å². The SMILES string of the molecule is O=C(c1ccc(Cl)o1)N1CCC(O)(C#Cc2cccc(Cl)c2)CC1. The van der Waals surface area contributed by atoms with Gasteiger partial charge in [0.1, 0.15) is 5.60 Å². The van der Waals surface area contributed by atoms with E-state index in [0.29, 0.717) is 31.0 Å². The van der Waals surface area contributed by atoms with Crippen molar-refractivity contribution >= 4 is 29.1 Å². The van der Waals surface area contributed by atoms with Crippen LogP contribution in [0.4, 0.5) is 0 Å². The highest BCUT2D eigenvalue weighted by atomic mass is 35.5. The van der Waals surface area contributed by atoms with Crippen LogP contribution in [-0.2, 0) is 0 Å². The number of rotatable bonds is 1. The molecule has 6 heteroatoms. The number of hydrogen-bond acceptors (Lipinski definition) is 3. The van der Waals surface area contributed by atoms with Gasteiger partial charge < -0.3 is 14.4 Å². The lowest BCUT2D eigenvalue weighted by molar-refractivity contribution is 0.0234. The number of likely N-dealkylation sites (tertiary alicyclic amines) is 1. The first kappa shape index (κ1) is 16.9. The minimum absolute atomic E-state index is 0.180. The molecule has 3 rings (SSSR count). The van der Waals surface area contributed by atoms with E-state index in [1.54, 1.807) is 23.1 Å². The second-order valence-corrected chi connectivity index (χ2v) is 6.50. The van der Waals surface area contributed by atoms with Crippen molar-refractivity contribution < 1.29 is 14.3 Å². The molecule has 1 saturated heterocycles. The van der Waals surface area contributed by atoms with E-state index in [1.807, 2.05) is 12.1 Å². The van der Waals surface area contributed by atoms with E-state index in [4.69, 9.17) is 27.6 Å². The van der Waals surface area contributed by atoms with E-state index in [2.05, 4.69) is 11.8 Å². The van der Waals surface area contributed by atoms with Crippen molar-refractivity contribution in [3.8, 4) is 11.8 Å². The summed E-state index contributed by atoms with van der Waals surface area (Å²) in [5, 5.41) is 11.4. The molecule has 0 spiro atoms. The Hall–Kier alpha value is -1.93. The Morgan fingerprint density at radius 1 is 1.21 bits per heavy atom. The van der Waals surface area contributed by atoms with Gasteiger partial charge in [-0.25, -0.2) is 0 Å². The maximum absolute atomic E-state index is 12.3. The van der Waals surface area contributed by atoms with Crippen LogP contribution in [-0.4, -0.2) is 34.6 Å². The van der Waals surface area contributed by atoms with Crippen LogP contribution in [0, 0.1) is 11.8 Å². The van der Waals surface area contributed by atoms with Crippen LogP contribution in [0.1, 0.15) is 29.0 Å². The molecule has 0 radical (unpaired) electrons. The number of hydrogen-bond donors (Lipinski definition) is 1. The quantitative estimate of drug-likeness (QED) is 0.787. The maximum atomic E-state index is 12.3. The average molecular weight is 364 g/mol. The molecule has 0 saturated carbocycles. The van der Waals surface area contributed by atoms with Crippen molar-refractivity contribution in [3.63, 3.8) is 0 Å². The van der Waals surface area contributed by atoms with Gasteiger partial charge in [0.05, 0.1) is 0 Å². The van der Waals surface area contributed by atoms with Gasteiger partial charge in [0.2, 0.25) is 0 Å². The fourth-order valence-electron chi connectivity index (χ4n) is 2.54. The van der Waals surface area contributed by atoms with Crippen molar-refractivity contribution in [2.75, 3.05) is 13.1 Å². The van der Waals surface area contributed by atoms with Gasteiger partial charge in [-0.3, -0.25) is 4.79 Å². The zero-order valence-electron chi connectivity index (χ0n) is 12.8. The number of nitrogens with zero attached hydrogens (tertiary/aromatic N) is 1. The summed E-state index contributed by atoms with van der Waals surface area (Å²) in [4.78, 5) is 13.9. The molecule has 0 atom stereocenters. The van der Waals surface area contributed by atoms with Gasteiger partial charge in [0.25, 0.3) is 5.91 Å². The smallest absolute Gasteiger partial charge is 0.289 e. The van der Waals surface area contributed by atoms with Gasteiger partial charge in [-0.1, -0.05) is 29.5 Å². The summed E-state index contributed by atoms with van der Waals surface area (Å²) in [5.41, 5.74) is -0.362. The van der Waals surface area contributed by atoms with Crippen molar-refractivity contribution in [2.24, 2.45) is 0 Å². The van der Waals surface area contributed by atoms with Gasteiger partial charge in [-0.2, -0.15) is 0 Å². The summed E-state index contributed by atoms with van der Waals surface area (Å²) < 4.78 is 5.14. The Morgan fingerprint density at radius 3 is 2.58 bits per heavy atom. The molecule has 1 N–H and O–H groups in total. The third-order valence-electron chi connectivity index (χ3n) is 3.93. The predicted octanol–water partition coefficient (Wildman–Crippen LogP) is 3.61. The number of amides is 1. The second-order valence-electron chi connectivity index (χ2n) is 5.69. The monoisotopic (exact) mass is 363 g/mol. The van der Waals surface area contributed by atoms with Gasteiger partial charge in [-0.15, -0.1) is 0 Å². The molecule has 1 amide bonds. The minimum atomic E-state index is -1.11. The standard InChI is InChI=1S/C18H15Cl2NO3/c19-14-3-1-2-13(12-14)6-7-18(23)8-10-21(11-9-18)17(22)15-4-5-16(20)24-15/h1-5,12,23H,8-11H2. The summed E-state index contributed by atoms with van der Waals surface area (Å²) in [6.07, 6.45) is 0.751. The minimum Gasteiger partial charge on any atom is -0.440 e. The van der Waals surface area contributed by atoms with E-state index < -0.39 is 5.60 Å². The van der Waals surface area contributed by atoms with Gasteiger partial charge >= 0.3 is 0 Å². The molecule has 0 bridgehead atoms. The molecule has 2 aromatic rings. The summed E-state index contributed by atoms with van der Waals surface area (Å²) >= 11 is 11.6. The van der Waals surface area contributed by atoms with Crippen LogP contribution >= 0.6 is 23.2 Å². The number of piperidine rings is 1. The first-order valence-corrected chi connectivity index (χ1v) is 8.27. The summed E-state index contributed by atoms with van der Waals surface area (Å²) in [5.74, 6) is 5.83. The lowest BCUT2D eigenvalue weighted by Gasteiger charge is -2.34. The van der Waals surface area contributed by atoms with Crippen LogP contribution in [0.3, 0.4) is 0 Å². The van der Waals surface area contributed by atoms with Crippen LogP contribution in [0.2, 0.25) is 10.2 Å². The zero-order valence-corrected chi connectivity index (χ0v) is 14.3. The molecule has 0 unspecified atom stereocenters. The first-order valence-electron chi connectivity index (χ1n) is 7.51. The van der Waals surface area contributed by atoms with Gasteiger partial charge in [-0.05, 0) is 41.9 Å². The average Bonchev–Trinajstić information content (AvgIpc) is 3.00. The zero-order chi connectivity index (χ0) is 17.2. The number of benzene rings is 1. The highest BCUT2D eigenvalue weighted by molar-refractivity contribution is 6.30. The number of carbonyl (C=O) groups is 1. The number of aliphatic hydroxyl groups is 1. The molecule has 4 nitrogen and oxygen atoms in total. The molecule has 24 heavy (non-hydrogen) atoms. The predicted molar refractivity (Wildman–Crippen MR) is 92.1 cm³/mol. The Bertz CT molecular complexity index is 811. The topological polar surface area (TPSA) is 53.7 Å². The molecule has 1 aliphatic heterocycles. The number of carbonyl (C=O) groups excluding carboxylic acids is 1. The molecular formula is C18H15Cl2NO3. The molecule has 124 valence electrons. The van der Waals surface area contributed by atoms with E-state index in [1.165, 1.54) is 6.07 Å². The molecule has 0 aliphatic carbocycles. The molecule has 1 aromatic heterocycles. The lowest BCUT2D eigenvalue weighted by Crippen LogP contribution is -2.46. The highest BCUT2D eigenvalue weighted by Gasteiger charge is 2.33. The molecule has 1 aliphatic rings. The van der Waals surface area contributed by atoms with Crippen molar-refractivity contribution in [3.05, 3.63) is 58.0 Å². The largest absolute Gasteiger partial charge is 0.440 e. The highest BCUT2D eigenvalue weighted by Crippen LogP contribution is 2.24. The van der Waals surface area contributed by atoms with E-state index in [-0.39, 0.29) is 16.9 Å². The van der Waals surface area contributed by atoms with Gasteiger partial charge in [0.15, 0.2) is 11.0 Å². The Labute approximate surface area is 150 Å². The normalized spacial score (nSPS) is 16.4. The first-order chi connectivity index (χ1) is 11.5. The number of furan rings is 1. The van der Waals surface area contributed by atoms with Crippen LogP contribution in [0.5, 0.6) is 0 Å². The second kappa shape index (κ2) is 6.90. The summed E-state index contributed by atoms with van der Waals surface area (Å²) in [6, 6.07) is 10.2. The molecule has 2 heterocycles. The van der Waals surface area contributed by atoms with Crippen LogP contribution in [0.15, 0.2) is 40.8 Å². The fraction of sp³-hybridized carbons (Fsp3) is 0.278. The van der Waals surface area contributed by atoms with Crippen molar-refractivity contribution in [2.45, 2.75) is 18.4 Å². The van der Waals surface area contributed by atoms with Crippen LogP contribution in [0.25, 0.3) is 0 Å². The van der Waals surface area contributed by atoms with E-state index >= 15 is 0 Å². The Kier molecular flexibility index (Phi) is 4.86. The Morgan fingerprint density at radius 2 is 1.96 bits per heavy atom. The number of halogens is 2. The van der Waals surface area contributed by atoms with Crippen LogP contribution < -0.4 is 0 Å². The third-order valence-corrected chi connectivity index (χ3v) is 4.36. The molecule has 1 fully saturated rings. The fourth-order valence-corrected chi connectivity index (χ4v) is 2.88.